The lowest BCUT2D eigenvalue weighted by Gasteiger charge is -2.02. The number of H-pyrrole nitrogens is 2. The van der Waals surface area contributed by atoms with E-state index in [2.05, 4.69) is 20.2 Å². The van der Waals surface area contributed by atoms with Crippen molar-refractivity contribution in [3.8, 4) is 11.1 Å². The molecule has 0 radical (unpaired) electrons. The van der Waals surface area contributed by atoms with Gasteiger partial charge < -0.3 is 4.98 Å². The van der Waals surface area contributed by atoms with Crippen LogP contribution in [0.2, 0.25) is 0 Å². The quantitative estimate of drug-likeness (QED) is 0.718. The highest BCUT2D eigenvalue weighted by Crippen LogP contribution is 2.20. The average Bonchev–Trinajstić information content (AvgIpc) is 2.92. The third kappa shape index (κ3) is 1.69. The van der Waals surface area contributed by atoms with Gasteiger partial charge in [0.2, 0.25) is 0 Å². The maximum atomic E-state index is 12.0. The number of hydrogen-bond donors (Lipinski definition) is 2. The molecule has 2 N–H and O–H groups in total. The van der Waals surface area contributed by atoms with Crippen LogP contribution in [0.5, 0.6) is 0 Å². The van der Waals surface area contributed by atoms with Crippen molar-refractivity contribution in [1.82, 2.24) is 20.2 Å². The lowest BCUT2D eigenvalue weighted by Crippen LogP contribution is -2.11. The van der Waals surface area contributed by atoms with Crippen molar-refractivity contribution in [2.24, 2.45) is 0 Å². The zero-order valence-corrected chi connectivity index (χ0v) is 9.90. The van der Waals surface area contributed by atoms with E-state index < -0.39 is 0 Å². The minimum atomic E-state index is -0.0952. The number of fused-ring (bicyclic) bond motifs is 1. The second-order valence-electron chi connectivity index (χ2n) is 4.09. The average molecular weight is 240 g/mol. The molecule has 0 fully saturated rings. The zero-order chi connectivity index (χ0) is 12.5. The Morgan fingerprint density at radius 1 is 1.28 bits per heavy atom. The van der Waals surface area contributed by atoms with E-state index in [-0.39, 0.29) is 5.56 Å². The number of rotatable bonds is 2. The maximum absolute atomic E-state index is 12.0. The minimum absolute atomic E-state index is 0.0952. The first-order valence-corrected chi connectivity index (χ1v) is 5.80. The van der Waals surface area contributed by atoms with Gasteiger partial charge in [-0.1, -0.05) is 13.0 Å². The van der Waals surface area contributed by atoms with Gasteiger partial charge in [-0.25, -0.2) is 4.98 Å². The Bertz CT molecular complexity index is 743. The van der Waals surface area contributed by atoms with Crippen molar-refractivity contribution in [1.29, 1.82) is 0 Å². The molecule has 3 aromatic rings. The van der Waals surface area contributed by atoms with E-state index in [4.69, 9.17) is 0 Å². The van der Waals surface area contributed by atoms with Crippen LogP contribution in [-0.4, -0.2) is 20.2 Å². The van der Waals surface area contributed by atoms with E-state index in [9.17, 15) is 4.79 Å². The highest BCUT2D eigenvalue weighted by atomic mass is 16.1. The molecule has 0 unspecified atom stereocenters. The molecule has 0 atom stereocenters. The lowest BCUT2D eigenvalue weighted by atomic mass is 10.1. The van der Waals surface area contributed by atoms with Crippen molar-refractivity contribution >= 4 is 10.9 Å². The first-order chi connectivity index (χ1) is 8.78. The largest absolute Gasteiger partial charge is 0.310 e. The van der Waals surface area contributed by atoms with Gasteiger partial charge in [-0.05, 0) is 17.7 Å². The van der Waals surface area contributed by atoms with E-state index in [1.807, 2.05) is 25.1 Å². The van der Waals surface area contributed by atoms with Gasteiger partial charge in [0.25, 0.3) is 5.56 Å². The van der Waals surface area contributed by atoms with Gasteiger partial charge in [-0.15, -0.1) is 0 Å². The molecule has 2 heterocycles. The minimum Gasteiger partial charge on any atom is -0.310 e. The van der Waals surface area contributed by atoms with Crippen molar-refractivity contribution in [3.63, 3.8) is 0 Å². The van der Waals surface area contributed by atoms with Crippen LogP contribution in [0.1, 0.15) is 12.7 Å². The molecule has 90 valence electrons. The van der Waals surface area contributed by atoms with Gasteiger partial charge in [0.1, 0.15) is 5.82 Å². The van der Waals surface area contributed by atoms with Gasteiger partial charge >= 0.3 is 0 Å². The van der Waals surface area contributed by atoms with E-state index in [1.165, 1.54) is 0 Å². The van der Waals surface area contributed by atoms with Crippen molar-refractivity contribution in [2.45, 2.75) is 13.3 Å². The molecule has 3 rings (SSSR count). The molecule has 0 saturated heterocycles. The molecule has 5 nitrogen and oxygen atoms in total. The van der Waals surface area contributed by atoms with Gasteiger partial charge in [-0.3, -0.25) is 9.89 Å². The predicted molar refractivity (Wildman–Crippen MR) is 69.3 cm³/mol. The summed E-state index contributed by atoms with van der Waals surface area (Å²) in [6.45, 7) is 1.96. The molecular formula is C13H12N4O. The SMILES string of the molecule is CCc1nc2ccc(-c3cn[nH]c3)cc2c(=O)[nH]1. The molecule has 0 aliphatic heterocycles. The molecule has 0 bridgehead atoms. The van der Waals surface area contributed by atoms with E-state index in [1.54, 1.807) is 12.4 Å². The van der Waals surface area contributed by atoms with Gasteiger partial charge in [0.15, 0.2) is 0 Å². The number of hydrogen-bond acceptors (Lipinski definition) is 3. The normalized spacial score (nSPS) is 10.9. The van der Waals surface area contributed by atoms with E-state index in [0.29, 0.717) is 17.6 Å². The van der Waals surface area contributed by atoms with Crippen LogP contribution in [0, 0.1) is 0 Å². The third-order valence-corrected chi connectivity index (χ3v) is 2.92. The summed E-state index contributed by atoms with van der Waals surface area (Å²) < 4.78 is 0. The third-order valence-electron chi connectivity index (χ3n) is 2.92. The highest BCUT2D eigenvalue weighted by molar-refractivity contribution is 5.83. The Balaban J connectivity index is 2.24. The summed E-state index contributed by atoms with van der Waals surface area (Å²) in [5.41, 5.74) is 2.54. The van der Waals surface area contributed by atoms with Crippen LogP contribution in [0.3, 0.4) is 0 Å². The summed E-state index contributed by atoms with van der Waals surface area (Å²) in [4.78, 5) is 19.1. The maximum Gasteiger partial charge on any atom is 0.258 e. The monoisotopic (exact) mass is 240 g/mol. The zero-order valence-electron chi connectivity index (χ0n) is 9.90. The fourth-order valence-corrected chi connectivity index (χ4v) is 1.94. The first-order valence-electron chi connectivity index (χ1n) is 5.80. The fraction of sp³-hybridized carbons (Fsp3) is 0.154. The lowest BCUT2D eigenvalue weighted by molar-refractivity contribution is 0.944. The summed E-state index contributed by atoms with van der Waals surface area (Å²) in [5.74, 6) is 0.712. The predicted octanol–water partition coefficient (Wildman–Crippen LogP) is 1.88. The Labute approximate surface area is 103 Å². The molecule has 0 aliphatic carbocycles. The van der Waals surface area contributed by atoms with Crippen molar-refractivity contribution in [3.05, 3.63) is 46.8 Å². The van der Waals surface area contributed by atoms with Gasteiger partial charge in [-0.2, -0.15) is 5.10 Å². The Morgan fingerprint density at radius 3 is 2.89 bits per heavy atom. The Morgan fingerprint density at radius 2 is 2.17 bits per heavy atom. The van der Waals surface area contributed by atoms with Crippen LogP contribution in [0.25, 0.3) is 22.0 Å². The highest BCUT2D eigenvalue weighted by Gasteiger charge is 2.05. The second-order valence-corrected chi connectivity index (χ2v) is 4.09. The van der Waals surface area contributed by atoms with Gasteiger partial charge in [0, 0.05) is 18.2 Å². The molecule has 18 heavy (non-hydrogen) atoms. The second kappa shape index (κ2) is 4.10. The topological polar surface area (TPSA) is 74.4 Å². The summed E-state index contributed by atoms with van der Waals surface area (Å²) in [6.07, 6.45) is 4.24. The number of aromatic nitrogens is 4. The van der Waals surface area contributed by atoms with Crippen LogP contribution in [0.15, 0.2) is 35.4 Å². The molecular weight excluding hydrogens is 228 g/mol. The molecule has 0 spiro atoms. The number of aromatic amines is 2. The molecule has 0 amide bonds. The number of nitrogens with zero attached hydrogens (tertiary/aromatic N) is 2. The molecule has 0 saturated carbocycles. The molecule has 2 aromatic heterocycles. The number of nitrogens with one attached hydrogen (secondary N) is 2. The standard InChI is InChI=1S/C13H12N4O/c1-2-12-16-11-4-3-8(9-6-14-15-7-9)5-10(11)13(18)17-12/h3-7H,2H2,1H3,(H,14,15)(H,16,17,18). The molecule has 5 heteroatoms. The Hall–Kier alpha value is -2.43. The summed E-state index contributed by atoms with van der Waals surface area (Å²) in [6, 6.07) is 5.65. The van der Waals surface area contributed by atoms with Crippen molar-refractivity contribution < 1.29 is 0 Å². The molecule has 0 aliphatic rings. The van der Waals surface area contributed by atoms with Crippen LogP contribution < -0.4 is 5.56 Å². The fourth-order valence-electron chi connectivity index (χ4n) is 1.94. The van der Waals surface area contributed by atoms with Crippen LogP contribution in [-0.2, 0) is 6.42 Å². The van der Waals surface area contributed by atoms with E-state index >= 15 is 0 Å². The first kappa shape index (κ1) is 10.7. The van der Waals surface area contributed by atoms with Crippen LogP contribution >= 0.6 is 0 Å². The molecule has 1 aromatic carbocycles. The smallest absolute Gasteiger partial charge is 0.258 e. The number of benzene rings is 1. The van der Waals surface area contributed by atoms with E-state index in [0.717, 1.165) is 16.6 Å². The summed E-state index contributed by atoms with van der Waals surface area (Å²) in [5, 5.41) is 7.26. The number of aryl methyl sites for hydroxylation is 1. The Kier molecular flexibility index (Phi) is 2.44. The van der Waals surface area contributed by atoms with Crippen molar-refractivity contribution in [2.75, 3.05) is 0 Å². The van der Waals surface area contributed by atoms with Gasteiger partial charge in [0.05, 0.1) is 17.1 Å². The summed E-state index contributed by atoms with van der Waals surface area (Å²) in [7, 11) is 0. The van der Waals surface area contributed by atoms with Crippen LogP contribution in [0.4, 0.5) is 0 Å². The summed E-state index contributed by atoms with van der Waals surface area (Å²) >= 11 is 0.